The molecule has 0 bridgehead atoms. The molecule has 0 spiro atoms. The van der Waals surface area contributed by atoms with Crippen LogP contribution in [0.1, 0.15) is 16.5 Å². The van der Waals surface area contributed by atoms with E-state index in [1.165, 1.54) is 11.0 Å². The number of hydrogen-bond acceptors (Lipinski definition) is 6. The van der Waals surface area contributed by atoms with Crippen LogP contribution in [0, 0.1) is 18.6 Å². The van der Waals surface area contributed by atoms with Crippen LogP contribution in [0.2, 0.25) is 0 Å². The first-order valence-corrected chi connectivity index (χ1v) is 9.52. The molecule has 1 aromatic heterocycles. The van der Waals surface area contributed by atoms with Gasteiger partial charge in [0, 0.05) is 55.0 Å². The van der Waals surface area contributed by atoms with Crippen LogP contribution in [0.5, 0.6) is 0 Å². The fraction of sp³-hybridized carbons (Fsp3) is 0.364. The summed E-state index contributed by atoms with van der Waals surface area (Å²) in [5.74, 6) is -1.34. The van der Waals surface area contributed by atoms with Gasteiger partial charge in [-0.15, -0.1) is 5.10 Å². The van der Waals surface area contributed by atoms with Gasteiger partial charge in [0.05, 0.1) is 24.3 Å². The minimum atomic E-state index is -3.09. The molecule has 0 unspecified atom stereocenters. The standard InChI is InChI=1S/C22H24F2N6O/c1-15-6-18(11-19(7-15)29-12-21(13-29)28-2-4-31-5-3-28)26-22-25-14-30(27-22)20-9-16(23)8-17(24)10-20/h6-11,14,21H,2-5,12-13H2,1H3,(H,26,27)/i2D2,3D2,4D2,5D2. The van der Waals surface area contributed by atoms with Crippen LogP contribution in [-0.2, 0) is 4.74 Å². The largest absolute Gasteiger partial charge is 0.379 e. The van der Waals surface area contributed by atoms with E-state index in [1.54, 1.807) is 6.07 Å². The molecular weight excluding hydrogens is 402 g/mol. The summed E-state index contributed by atoms with van der Waals surface area (Å²) in [6.07, 6.45) is 1.30. The highest BCUT2D eigenvalue weighted by atomic mass is 19.1. The summed E-state index contributed by atoms with van der Waals surface area (Å²) in [5, 5.41) is 7.23. The third-order valence-corrected chi connectivity index (χ3v) is 4.95. The molecule has 2 aromatic carbocycles. The predicted molar refractivity (Wildman–Crippen MR) is 114 cm³/mol. The monoisotopic (exact) mass is 434 g/mol. The molecule has 0 radical (unpaired) electrons. The number of nitrogens with one attached hydrogen (secondary N) is 1. The molecular formula is C22H24F2N6O. The second-order valence-corrected chi connectivity index (χ2v) is 7.28. The molecule has 0 aliphatic carbocycles. The van der Waals surface area contributed by atoms with Crippen molar-refractivity contribution in [1.29, 1.82) is 0 Å². The predicted octanol–water partition coefficient (Wildman–Crippen LogP) is 3.12. The number of aryl methyl sites for hydroxylation is 1. The van der Waals surface area contributed by atoms with Crippen LogP contribution in [0.3, 0.4) is 0 Å². The summed E-state index contributed by atoms with van der Waals surface area (Å²) >= 11 is 0. The number of hydrogen-bond donors (Lipinski definition) is 1. The minimum Gasteiger partial charge on any atom is -0.379 e. The van der Waals surface area contributed by atoms with Crippen molar-refractivity contribution in [3.8, 4) is 5.69 Å². The fourth-order valence-corrected chi connectivity index (χ4v) is 3.47. The number of nitrogens with zero attached hydrogens (tertiary/aromatic N) is 5. The second-order valence-electron chi connectivity index (χ2n) is 7.28. The van der Waals surface area contributed by atoms with Crippen molar-refractivity contribution in [2.24, 2.45) is 0 Å². The molecule has 9 heteroatoms. The van der Waals surface area contributed by atoms with E-state index < -0.39 is 43.8 Å². The maximum Gasteiger partial charge on any atom is 0.246 e. The lowest BCUT2D eigenvalue weighted by Gasteiger charge is -2.47. The van der Waals surface area contributed by atoms with E-state index in [0.717, 1.165) is 23.8 Å². The van der Waals surface area contributed by atoms with Crippen molar-refractivity contribution in [3.63, 3.8) is 0 Å². The van der Waals surface area contributed by atoms with E-state index in [0.29, 0.717) is 16.3 Å². The highest BCUT2D eigenvalue weighted by Gasteiger charge is 2.32. The highest BCUT2D eigenvalue weighted by molar-refractivity contribution is 5.65. The Morgan fingerprint density at radius 1 is 1.03 bits per heavy atom. The van der Waals surface area contributed by atoms with Crippen molar-refractivity contribution >= 4 is 17.3 Å². The molecule has 0 saturated carbocycles. The van der Waals surface area contributed by atoms with Gasteiger partial charge in [-0.05, 0) is 42.8 Å². The van der Waals surface area contributed by atoms with Gasteiger partial charge in [-0.3, -0.25) is 4.90 Å². The average Bonchev–Trinajstić information content (AvgIpc) is 3.21. The van der Waals surface area contributed by atoms with Gasteiger partial charge in [-0.1, -0.05) is 0 Å². The van der Waals surface area contributed by atoms with E-state index in [1.807, 2.05) is 24.0 Å². The Kier molecular flexibility index (Phi) is 3.38. The number of benzene rings is 2. The molecule has 1 N–H and O–H groups in total. The zero-order valence-electron chi connectivity index (χ0n) is 24.4. The number of halogens is 2. The molecule has 7 nitrogen and oxygen atoms in total. The average molecular weight is 435 g/mol. The molecule has 2 saturated heterocycles. The van der Waals surface area contributed by atoms with Gasteiger partial charge in [0.2, 0.25) is 5.95 Å². The Hall–Kier alpha value is -3.04. The zero-order valence-corrected chi connectivity index (χ0v) is 16.4. The van der Waals surface area contributed by atoms with Crippen molar-refractivity contribution in [1.82, 2.24) is 19.7 Å². The van der Waals surface area contributed by atoms with Crippen LogP contribution in [0.4, 0.5) is 26.1 Å². The van der Waals surface area contributed by atoms with Crippen LogP contribution < -0.4 is 10.2 Å². The summed E-state index contributed by atoms with van der Waals surface area (Å²) in [4.78, 5) is 6.54. The third kappa shape index (κ3) is 4.38. The highest BCUT2D eigenvalue weighted by Crippen LogP contribution is 2.29. The lowest BCUT2D eigenvalue weighted by Crippen LogP contribution is -2.61. The molecule has 3 aromatic rings. The van der Waals surface area contributed by atoms with E-state index in [2.05, 4.69) is 20.1 Å². The summed E-state index contributed by atoms with van der Waals surface area (Å²) in [6, 6.07) is 7.56. The van der Waals surface area contributed by atoms with Crippen LogP contribution in [0.15, 0.2) is 42.7 Å². The van der Waals surface area contributed by atoms with Crippen molar-refractivity contribution in [2.75, 3.05) is 49.4 Å². The fourth-order valence-electron chi connectivity index (χ4n) is 3.47. The van der Waals surface area contributed by atoms with E-state index in [9.17, 15) is 8.78 Å². The van der Waals surface area contributed by atoms with Gasteiger partial charge in [0.1, 0.15) is 18.0 Å². The Morgan fingerprint density at radius 2 is 1.77 bits per heavy atom. The lowest BCUT2D eigenvalue weighted by molar-refractivity contribution is 0.0105. The van der Waals surface area contributed by atoms with Crippen molar-refractivity contribution in [2.45, 2.75) is 13.0 Å². The molecule has 3 heterocycles. The smallest absolute Gasteiger partial charge is 0.246 e. The van der Waals surface area contributed by atoms with Crippen molar-refractivity contribution < 1.29 is 24.5 Å². The maximum absolute atomic E-state index is 13.6. The van der Waals surface area contributed by atoms with Gasteiger partial charge in [0.25, 0.3) is 0 Å². The Labute approximate surface area is 190 Å². The SMILES string of the molecule is [2H]C1([2H])OC([2H])([2H])C([2H])([2H])N(C2CN(c3cc(C)cc(Nc4ncn(-c5cc(F)cc(F)c5)n4)c3)C2)C1([2H])[2H]. The van der Waals surface area contributed by atoms with Gasteiger partial charge in [-0.2, -0.15) is 4.98 Å². The molecule has 31 heavy (non-hydrogen) atoms. The van der Waals surface area contributed by atoms with Crippen LogP contribution >= 0.6 is 0 Å². The Bertz CT molecular complexity index is 1370. The summed E-state index contributed by atoms with van der Waals surface area (Å²) in [7, 11) is 0. The van der Waals surface area contributed by atoms with Crippen LogP contribution in [0.25, 0.3) is 5.69 Å². The Morgan fingerprint density at radius 3 is 2.52 bits per heavy atom. The number of ether oxygens (including phenoxy) is 1. The van der Waals surface area contributed by atoms with E-state index in [4.69, 9.17) is 11.0 Å². The topological polar surface area (TPSA) is 58.5 Å². The summed E-state index contributed by atoms with van der Waals surface area (Å²) < 4.78 is 97.4. The number of morpholine rings is 1. The van der Waals surface area contributed by atoms with E-state index >= 15 is 0 Å². The second kappa shape index (κ2) is 8.24. The van der Waals surface area contributed by atoms with Gasteiger partial charge in [-0.25, -0.2) is 13.5 Å². The number of anilines is 3. The summed E-state index contributed by atoms with van der Waals surface area (Å²) in [6.45, 7) is -10.00. The minimum absolute atomic E-state index is 0.103. The lowest BCUT2D eigenvalue weighted by atomic mass is 10.0. The molecule has 2 fully saturated rings. The van der Waals surface area contributed by atoms with Crippen LogP contribution in [-0.4, -0.2) is 64.9 Å². The van der Waals surface area contributed by atoms with E-state index in [-0.39, 0.29) is 24.7 Å². The Balaban J connectivity index is 1.33. The summed E-state index contributed by atoms with van der Waals surface area (Å²) in [5.41, 5.74) is 2.28. The number of rotatable bonds is 5. The third-order valence-electron chi connectivity index (χ3n) is 4.95. The quantitative estimate of drug-likeness (QED) is 0.666. The molecule has 2 aliphatic heterocycles. The first-order valence-electron chi connectivity index (χ1n) is 13.5. The maximum atomic E-state index is 13.6. The first-order chi connectivity index (χ1) is 18.0. The molecule has 5 rings (SSSR count). The van der Waals surface area contributed by atoms with Gasteiger partial charge in [0.15, 0.2) is 0 Å². The van der Waals surface area contributed by atoms with Crippen molar-refractivity contribution in [3.05, 3.63) is 59.9 Å². The number of aromatic nitrogens is 3. The zero-order chi connectivity index (χ0) is 28.5. The van der Waals surface area contributed by atoms with Gasteiger partial charge < -0.3 is 15.0 Å². The normalized spacial score (nSPS) is 27.9. The molecule has 0 amide bonds. The molecule has 0 atom stereocenters. The first kappa shape index (κ1) is 12.7. The molecule has 2 aliphatic rings. The van der Waals surface area contributed by atoms with Gasteiger partial charge >= 0.3 is 0 Å². The molecule has 162 valence electrons.